The van der Waals surface area contributed by atoms with Crippen LogP contribution in [0.5, 0.6) is 5.75 Å². The molecule has 0 spiro atoms. The Labute approximate surface area is 85.3 Å². The first kappa shape index (κ1) is 10.6. The third-order valence-electron chi connectivity index (χ3n) is 1.41. The van der Waals surface area contributed by atoms with Gasteiger partial charge < -0.3 is 9.29 Å². The second kappa shape index (κ2) is 4.17. The van der Waals surface area contributed by atoms with Crippen molar-refractivity contribution in [2.75, 3.05) is 7.11 Å². The molecule has 1 atom stereocenters. The summed E-state index contributed by atoms with van der Waals surface area (Å²) in [6, 6.07) is 2.82. The van der Waals surface area contributed by atoms with E-state index in [0.717, 1.165) is 0 Å². The fourth-order valence-corrected chi connectivity index (χ4v) is 2.04. The summed E-state index contributed by atoms with van der Waals surface area (Å²) in [5, 5.41) is 0. The van der Waals surface area contributed by atoms with Gasteiger partial charge in [-0.2, -0.15) is 0 Å². The molecule has 0 saturated carbocycles. The molecule has 72 valence electrons. The minimum Gasteiger partial charge on any atom is -0.494 e. The number of hydrogen-bond donors (Lipinski definition) is 1. The van der Waals surface area contributed by atoms with Gasteiger partial charge in [0, 0.05) is 4.47 Å². The van der Waals surface area contributed by atoms with Gasteiger partial charge in [0.1, 0.15) is 4.90 Å². The molecule has 0 aliphatic carbocycles. The SMILES string of the molecule is COc1ccc(Br)c(S(=O)O)c1F. The maximum absolute atomic E-state index is 13.3. The van der Waals surface area contributed by atoms with Crippen LogP contribution < -0.4 is 4.74 Å². The standard InChI is InChI=1S/C7H6BrFO3S/c1-12-5-3-2-4(8)7(6(5)9)13(10)11/h2-3H,1H3,(H,10,11). The second-order valence-electron chi connectivity index (χ2n) is 2.14. The molecular formula is C7H6BrFO3S. The molecule has 3 nitrogen and oxygen atoms in total. The Morgan fingerprint density at radius 3 is 2.69 bits per heavy atom. The van der Waals surface area contributed by atoms with Crippen LogP contribution in [0.3, 0.4) is 0 Å². The fraction of sp³-hybridized carbons (Fsp3) is 0.143. The average Bonchev–Trinajstić information content (AvgIpc) is 2.04. The van der Waals surface area contributed by atoms with Crippen molar-refractivity contribution in [3.8, 4) is 5.75 Å². The minimum absolute atomic E-state index is 0.0550. The smallest absolute Gasteiger partial charge is 0.190 e. The van der Waals surface area contributed by atoms with Gasteiger partial charge in [-0.25, -0.2) is 8.60 Å². The van der Waals surface area contributed by atoms with E-state index in [-0.39, 0.29) is 15.1 Å². The Bertz CT molecular complexity index is 356. The van der Waals surface area contributed by atoms with E-state index in [1.54, 1.807) is 0 Å². The van der Waals surface area contributed by atoms with Crippen molar-refractivity contribution < 1.29 is 17.9 Å². The van der Waals surface area contributed by atoms with Crippen LogP contribution in [0, 0.1) is 5.82 Å². The molecule has 0 saturated heterocycles. The van der Waals surface area contributed by atoms with Crippen molar-refractivity contribution in [1.29, 1.82) is 0 Å². The highest BCUT2D eigenvalue weighted by Gasteiger charge is 2.16. The number of rotatable bonds is 2. The third kappa shape index (κ3) is 2.07. The molecule has 1 aromatic carbocycles. The van der Waals surface area contributed by atoms with E-state index in [1.165, 1.54) is 19.2 Å². The molecule has 0 radical (unpaired) electrons. The van der Waals surface area contributed by atoms with E-state index in [2.05, 4.69) is 20.7 Å². The lowest BCUT2D eigenvalue weighted by Gasteiger charge is -2.05. The largest absolute Gasteiger partial charge is 0.494 e. The maximum Gasteiger partial charge on any atom is 0.190 e. The van der Waals surface area contributed by atoms with Crippen LogP contribution in [-0.4, -0.2) is 15.9 Å². The van der Waals surface area contributed by atoms with Crippen LogP contribution in [0.15, 0.2) is 21.5 Å². The minimum atomic E-state index is -2.37. The monoisotopic (exact) mass is 268 g/mol. The first-order valence-corrected chi connectivity index (χ1v) is 5.10. The Hall–Kier alpha value is -0.460. The van der Waals surface area contributed by atoms with E-state index < -0.39 is 16.9 Å². The van der Waals surface area contributed by atoms with Crippen molar-refractivity contribution in [3.05, 3.63) is 22.4 Å². The van der Waals surface area contributed by atoms with Gasteiger partial charge in [-0.1, -0.05) is 0 Å². The first-order chi connectivity index (χ1) is 6.07. The molecule has 1 N–H and O–H groups in total. The van der Waals surface area contributed by atoms with Crippen molar-refractivity contribution in [2.45, 2.75) is 4.90 Å². The van der Waals surface area contributed by atoms with E-state index in [4.69, 9.17) is 4.55 Å². The predicted molar refractivity (Wildman–Crippen MR) is 49.7 cm³/mol. The zero-order valence-electron chi connectivity index (χ0n) is 6.58. The van der Waals surface area contributed by atoms with Gasteiger partial charge in [0.2, 0.25) is 0 Å². The van der Waals surface area contributed by atoms with Gasteiger partial charge >= 0.3 is 0 Å². The van der Waals surface area contributed by atoms with Gasteiger partial charge in [-0.3, -0.25) is 0 Å². The Morgan fingerprint density at radius 2 is 2.23 bits per heavy atom. The van der Waals surface area contributed by atoms with Gasteiger partial charge in [0.05, 0.1) is 7.11 Å². The summed E-state index contributed by atoms with van der Waals surface area (Å²) in [5.41, 5.74) is 0. The maximum atomic E-state index is 13.3. The van der Waals surface area contributed by atoms with Crippen LogP contribution in [0.4, 0.5) is 4.39 Å². The highest BCUT2D eigenvalue weighted by molar-refractivity contribution is 9.10. The first-order valence-electron chi connectivity index (χ1n) is 3.20. The zero-order chi connectivity index (χ0) is 10.0. The van der Waals surface area contributed by atoms with Crippen molar-refractivity contribution in [2.24, 2.45) is 0 Å². The number of hydrogen-bond acceptors (Lipinski definition) is 2. The van der Waals surface area contributed by atoms with Crippen LogP contribution in [0.2, 0.25) is 0 Å². The van der Waals surface area contributed by atoms with Crippen LogP contribution in [0.25, 0.3) is 0 Å². The molecule has 1 aromatic rings. The van der Waals surface area contributed by atoms with Crippen LogP contribution >= 0.6 is 15.9 Å². The van der Waals surface area contributed by atoms with Crippen LogP contribution in [-0.2, 0) is 11.1 Å². The molecule has 6 heteroatoms. The summed E-state index contributed by atoms with van der Waals surface area (Å²) in [7, 11) is 1.29. The van der Waals surface area contributed by atoms with E-state index in [0.29, 0.717) is 0 Å². The summed E-state index contributed by atoms with van der Waals surface area (Å²) < 4.78 is 37.6. The summed E-state index contributed by atoms with van der Waals surface area (Å²) in [6.07, 6.45) is 0. The molecule has 0 amide bonds. The fourth-order valence-electron chi connectivity index (χ4n) is 0.832. The normalized spacial score (nSPS) is 12.6. The lowest BCUT2D eigenvalue weighted by molar-refractivity contribution is 0.379. The molecule has 1 unspecified atom stereocenters. The highest BCUT2D eigenvalue weighted by atomic mass is 79.9. The molecular weight excluding hydrogens is 263 g/mol. The number of halogens is 2. The van der Waals surface area contributed by atoms with Crippen molar-refractivity contribution >= 4 is 27.0 Å². The summed E-state index contributed by atoms with van der Waals surface area (Å²) >= 11 is 0.597. The van der Waals surface area contributed by atoms with E-state index >= 15 is 0 Å². The lowest BCUT2D eigenvalue weighted by Crippen LogP contribution is -1.98. The number of methoxy groups -OCH3 is 1. The number of ether oxygens (including phenoxy) is 1. The molecule has 0 fully saturated rings. The van der Waals surface area contributed by atoms with Gasteiger partial charge in [0.15, 0.2) is 22.6 Å². The molecule has 1 rings (SSSR count). The Kier molecular flexibility index (Phi) is 3.40. The lowest BCUT2D eigenvalue weighted by atomic mass is 10.3. The summed E-state index contributed by atoms with van der Waals surface area (Å²) in [6.45, 7) is 0. The molecule has 0 aromatic heterocycles. The quantitative estimate of drug-likeness (QED) is 0.837. The molecule has 0 aliphatic rings. The molecule has 0 heterocycles. The molecule has 0 bridgehead atoms. The van der Waals surface area contributed by atoms with Crippen LogP contribution in [0.1, 0.15) is 0 Å². The van der Waals surface area contributed by atoms with Crippen molar-refractivity contribution in [3.63, 3.8) is 0 Å². The van der Waals surface area contributed by atoms with Gasteiger partial charge in [0.25, 0.3) is 0 Å². The van der Waals surface area contributed by atoms with Gasteiger partial charge in [-0.05, 0) is 28.1 Å². The topological polar surface area (TPSA) is 46.5 Å². The predicted octanol–water partition coefficient (Wildman–Crippen LogP) is 2.18. The number of benzene rings is 1. The average molecular weight is 269 g/mol. The Balaban J connectivity index is 3.38. The summed E-state index contributed by atoms with van der Waals surface area (Å²) in [4.78, 5) is -0.306. The zero-order valence-corrected chi connectivity index (χ0v) is 8.99. The second-order valence-corrected chi connectivity index (χ2v) is 3.90. The summed E-state index contributed by atoms with van der Waals surface area (Å²) in [5.74, 6) is -0.877. The van der Waals surface area contributed by atoms with Gasteiger partial charge in [-0.15, -0.1) is 0 Å². The molecule has 13 heavy (non-hydrogen) atoms. The third-order valence-corrected chi connectivity index (χ3v) is 3.08. The van der Waals surface area contributed by atoms with E-state index in [9.17, 15) is 8.60 Å². The van der Waals surface area contributed by atoms with Crippen molar-refractivity contribution in [1.82, 2.24) is 0 Å². The Morgan fingerprint density at radius 1 is 1.62 bits per heavy atom. The molecule has 0 aliphatic heterocycles. The van der Waals surface area contributed by atoms with E-state index in [1.807, 2.05) is 0 Å². The highest BCUT2D eigenvalue weighted by Crippen LogP contribution is 2.29.